The third-order valence-electron chi connectivity index (χ3n) is 3.16. The van der Waals surface area contributed by atoms with Gasteiger partial charge in [0, 0.05) is 22.9 Å². The van der Waals surface area contributed by atoms with Crippen LogP contribution in [-0.2, 0) is 0 Å². The molecule has 1 aromatic heterocycles. The van der Waals surface area contributed by atoms with Crippen LogP contribution in [0.2, 0.25) is 0 Å². The number of halogens is 1. The van der Waals surface area contributed by atoms with Crippen LogP contribution in [0.15, 0.2) is 77.5 Å². The summed E-state index contributed by atoms with van der Waals surface area (Å²) < 4.78 is 6.53. The van der Waals surface area contributed by atoms with Crippen molar-refractivity contribution in [1.82, 2.24) is 10.4 Å². The maximum Gasteiger partial charge on any atom is 0.337 e. The van der Waals surface area contributed by atoms with E-state index >= 15 is 0 Å². The summed E-state index contributed by atoms with van der Waals surface area (Å²) >= 11 is 3.38. The summed E-state index contributed by atoms with van der Waals surface area (Å²) in [5, 5.41) is 2.74. The Hall–Kier alpha value is -3.06. The lowest BCUT2D eigenvalue weighted by molar-refractivity contribution is 0.254. The Balaban J connectivity index is 1.57. The molecule has 0 aliphatic rings. The summed E-state index contributed by atoms with van der Waals surface area (Å²) in [6.07, 6.45) is 3.32. The van der Waals surface area contributed by atoms with E-state index in [-0.39, 0.29) is 6.03 Å². The molecule has 0 bridgehead atoms. The first-order valence-electron chi connectivity index (χ1n) is 7.46. The fraction of sp³-hybridized carbons (Fsp3) is 0. The number of carbonyl (C=O) groups excluding carboxylic acids is 1. The van der Waals surface area contributed by atoms with Crippen LogP contribution in [0.25, 0.3) is 0 Å². The van der Waals surface area contributed by atoms with Gasteiger partial charge in [-0.3, -0.25) is 15.8 Å². The molecular weight excluding hydrogens is 384 g/mol. The Labute approximate surface area is 153 Å². The number of hydrazine groups is 1. The van der Waals surface area contributed by atoms with Gasteiger partial charge in [-0.2, -0.15) is 0 Å². The number of amides is 2. The van der Waals surface area contributed by atoms with Gasteiger partial charge in [0.25, 0.3) is 0 Å². The predicted molar refractivity (Wildman–Crippen MR) is 101 cm³/mol. The highest BCUT2D eigenvalue weighted by atomic mass is 79.9. The summed E-state index contributed by atoms with van der Waals surface area (Å²) in [7, 11) is 0. The van der Waals surface area contributed by atoms with Crippen LogP contribution < -0.4 is 20.9 Å². The minimum absolute atomic E-state index is 0.382. The first-order valence-corrected chi connectivity index (χ1v) is 8.25. The van der Waals surface area contributed by atoms with Crippen molar-refractivity contribution in [2.24, 2.45) is 0 Å². The third-order valence-corrected chi connectivity index (χ3v) is 3.85. The van der Waals surface area contributed by atoms with Gasteiger partial charge in [-0.15, -0.1) is 0 Å². The fourth-order valence-corrected chi connectivity index (χ4v) is 2.41. The second kappa shape index (κ2) is 8.16. The van der Waals surface area contributed by atoms with Gasteiger partial charge in [0.1, 0.15) is 11.5 Å². The molecule has 25 heavy (non-hydrogen) atoms. The normalized spacial score (nSPS) is 9.96. The first kappa shape index (κ1) is 16.8. The van der Waals surface area contributed by atoms with Crippen LogP contribution in [-0.4, -0.2) is 11.0 Å². The van der Waals surface area contributed by atoms with Crippen molar-refractivity contribution >= 4 is 33.3 Å². The molecule has 7 heteroatoms. The molecule has 0 aliphatic carbocycles. The molecule has 2 aromatic carbocycles. The van der Waals surface area contributed by atoms with Crippen molar-refractivity contribution < 1.29 is 9.53 Å². The van der Waals surface area contributed by atoms with Crippen molar-refractivity contribution in [1.29, 1.82) is 0 Å². The van der Waals surface area contributed by atoms with Crippen molar-refractivity contribution in [3.63, 3.8) is 0 Å². The number of benzene rings is 2. The number of aromatic nitrogens is 1. The summed E-state index contributed by atoms with van der Waals surface area (Å²) in [4.78, 5) is 15.9. The molecular formula is C18H15BrN4O2. The molecule has 0 saturated heterocycles. The maximum atomic E-state index is 12.0. The van der Waals surface area contributed by atoms with E-state index in [0.29, 0.717) is 22.9 Å². The van der Waals surface area contributed by atoms with Crippen LogP contribution in [0.4, 0.5) is 16.2 Å². The Morgan fingerprint density at radius 2 is 1.76 bits per heavy atom. The fourth-order valence-electron chi connectivity index (χ4n) is 2.02. The summed E-state index contributed by atoms with van der Waals surface area (Å²) in [6, 6.07) is 17.8. The van der Waals surface area contributed by atoms with Gasteiger partial charge in [0.15, 0.2) is 0 Å². The predicted octanol–water partition coefficient (Wildman–Crippen LogP) is 4.79. The van der Waals surface area contributed by atoms with E-state index in [2.05, 4.69) is 37.1 Å². The van der Waals surface area contributed by atoms with E-state index in [4.69, 9.17) is 4.74 Å². The molecule has 0 atom stereocenters. The molecule has 0 fully saturated rings. The summed E-state index contributed by atoms with van der Waals surface area (Å²) in [6.45, 7) is 0. The highest BCUT2D eigenvalue weighted by Gasteiger charge is 2.04. The summed E-state index contributed by atoms with van der Waals surface area (Å²) in [5.74, 6) is 1.33. The molecule has 1 heterocycles. The van der Waals surface area contributed by atoms with Crippen LogP contribution in [0.1, 0.15) is 0 Å². The van der Waals surface area contributed by atoms with Gasteiger partial charge in [-0.25, -0.2) is 4.79 Å². The Kier molecular flexibility index (Phi) is 5.48. The van der Waals surface area contributed by atoms with Gasteiger partial charge in [0.2, 0.25) is 0 Å². The number of hydrogen-bond donors (Lipinski definition) is 3. The molecule has 2 amide bonds. The number of anilines is 2. The molecule has 0 unspecified atom stereocenters. The van der Waals surface area contributed by atoms with Gasteiger partial charge in [0.05, 0.1) is 11.4 Å². The number of rotatable bonds is 5. The lowest BCUT2D eigenvalue weighted by Gasteiger charge is -2.12. The van der Waals surface area contributed by atoms with E-state index < -0.39 is 0 Å². The van der Waals surface area contributed by atoms with E-state index in [1.807, 2.05) is 36.4 Å². The number of urea groups is 1. The largest absolute Gasteiger partial charge is 0.457 e. The molecule has 0 aliphatic heterocycles. The zero-order valence-corrected chi connectivity index (χ0v) is 14.7. The van der Waals surface area contributed by atoms with Crippen molar-refractivity contribution in [3.8, 4) is 11.5 Å². The molecule has 0 radical (unpaired) electrons. The van der Waals surface area contributed by atoms with Crippen LogP contribution in [0.5, 0.6) is 11.5 Å². The highest BCUT2D eigenvalue weighted by Crippen LogP contribution is 2.23. The van der Waals surface area contributed by atoms with Gasteiger partial charge in [-0.1, -0.05) is 18.2 Å². The highest BCUT2D eigenvalue weighted by molar-refractivity contribution is 9.10. The van der Waals surface area contributed by atoms with Crippen LogP contribution in [0, 0.1) is 0 Å². The lowest BCUT2D eigenvalue weighted by Crippen LogP contribution is -2.33. The quantitative estimate of drug-likeness (QED) is 0.540. The molecule has 0 spiro atoms. The zero-order chi connectivity index (χ0) is 17.5. The van der Waals surface area contributed by atoms with Crippen molar-refractivity contribution in [2.75, 3.05) is 10.7 Å². The number of para-hydroxylation sites is 1. The molecule has 126 valence electrons. The van der Waals surface area contributed by atoms with Crippen LogP contribution >= 0.6 is 15.9 Å². The Bertz CT molecular complexity index is 858. The monoisotopic (exact) mass is 398 g/mol. The molecule has 6 nitrogen and oxygen atoms in total. The Morgan fingerprint density at radius 1 is 0.960 bits per heavy atom. The standard InChI is InChI=1S/C18H15BrN4O2/c19-16-6-1-2-7-17(16)21-18(24)23-22-13-4-3-5-15(12-13)25-14-8-10-20-11-9-14/h1-12,22H,(H2,21,23,24). The van der Waals surface area contributed by atoms with Gasteiger partial charge >= 0.3 is 6.03 Å². The molecule has 3 N–H and O–H groups in total. The van der Waals surface area contributed by atoms with E-state index in [0.717, 1.165) is 4.47 Å². The number of nitrogens with zero attached hydrogens (tertiary/aromatic N) is 1. The van der Waals surface area contributed by atoms with Crippen molar-refractivity contribution in [2.45, 2.75) is 0 Å². The first-order chi connectivity index (χ1) is 12.2. The number of pyridine rings is 1. The second-order valence-corrected chi connectivity index (χ2v) is 5.85. The third kappa shape index (κ3) is 4.95. The average Bonchev–Trinajstić information content (AvgIpc) is 2.63. The minimum atomic E-state index is -0.382. The minimum Gasteiger partial charge on any atom is -0.457 e. The zero-order valence-electron chi connectivity index (χ0n) is 13.1. The van der Waals surface area contributed by atoms with Crippen molar-refractivity contribution in [3.05, 3.63) is 77.5 Å². The van der Waals surface area contributed by atoms with Crippen LogP contribution in [0.3, 0.4) is 0 Å². The SMILES string of the molecule is O=C(NNc1cccc(Oc2ccncc2)c1)Nc1ccccc1Br. The summed E-state index contributed by atoms with van der Waals surface area (Å²) in [5.41, 5.74) is 6.79. The lowest BCUT2D eigenvalue weighted by atomic mass is 10.3. The van der Waals surface area contributed by atoms with Gasteiger partial charge in [-0.05, 0) is 52.3 Å². The average molecular weight is 399 g/mol. The second-order valence-electron chi connectivity index (χ2n) is 5.00. The van der Waals surface area contributed by atoms with E-state index in [1.54, 1.807) is 36.7 Å². The maximum absolute atomic E-state index is 12.0. The van der Waals surface area contributed by atoms with E-state index in [1.165, 1.54) is 0 Å². The number of hydrogen-bond acceptors (Lipinski definition) is 4. The smallest absolute Gasteiger partial charge is 0.337 e. The van der Waals surface area contributed by atoms with Gasteiger partial charge < -0.3 is 10.1 Å². The van der Waals surface area contributed by atoms with E-state index in [9.17, 15) is 4.79 Å². The number of ether oxygens (including phenoxy) is 1. The topological polar surface area (TPSA) is 75.3 Å². The molecule has 3 rings (SSSR count). The number of carbonyl (C=O) groups is 1. The molecule has 3 aromatic rings. The number of nitrogens with one attached hydrogen (secondary N) is 3. The molecule has 0 saturated carbocycles. The Morgan fingerprint density at radius 3 is 2.56 bits per heavy atom.